The van der Waals surface area contributed by atoms with Gasteiger partial charge in [-0.1, -0.05) is 30.3 Å². The maximum Gasteiger partial charge on any atom is 0.254 e. The maximum absolute atomic E-state index is 13.1. The van der Waals surface area contributed by atoms with Crippen molar-refractivity contribution < 1.29 is 19.1 Å². The fraction of sp³-hybridized carbons (Fsp3) is 0.391. The van der Waals surface area contributed by atoms with Gasteiger partial charge in [0.05, 0.1) is 19.6 Å². The Balaban J connectivity index is 1.70. The van der Waals surface area contributed by atoms with Crippen LogP contribution in [0.15, 0.2) is 48.5 Å². The molecule has 1 N–H and O–H groups in total. The highest BCUT2D eigenvalue weighted by Crippen LogP contribution is 2.32. The van der Waals surface area contributed by atoms with Gasteiger partial charge in [-0.2, -0.15) is 0 Å². The molecule has 2 aromatic rings. The molecule has 0 bridgehead atoms. The second kappa shape index (κ2) is 8.99. The Labute approximate surface area is 171 Å². The molecule has 6 nitrogen and oxygen atoms in total. The Morgan fingerprint density at radius 1 is 1.07 bits per heavy atom. The van der Waals surface area contributed by atoms with Crippen LogP contribution in [0.5, 0.6) is 11.5 Å². The molecule has 1 aliphatic rings. The Morgan fingerprint density at radius 2 is 1.72 bits per heavy atom. The molecule has 3 rings (SSSR count). The molecule has 1 aliphatic heterocycles. The first kappa shape index (κ1) is 20.7. The number of benzene rings is 2. The van der Waals surface area contributed by atoms with E-state index in [2.05, 4.69) is 5.32 Å². The van der Waals surface area contributed by atoms with Crippen LogP contribution in [0.1, 0.15) is 35.7 Å². The highest BCUT2D eigenvalue weighted by molar-refractivity contribution is 5.96. The van der Waals surface area contributed by atoms with E-state index in [-0.39, 0.29) is 11.8 Å². The molecule has 0 aromatic heterocycles. The summed E-state index contributed by atoms with van der Waals surface area (Å²) in [6.07, 6.45) is 1.53. The first-order valence-corrected chi connectivity index (χ1v) is 9.80. The van der Waals surface area contributed by atoms with Crippen molar-refractivity contribution in [1.29, 1.82) is 0 Å². The van der Waals surface area contributed by atoms with E-state index in [1.54, 1.807) is 37.3 Å². The number of nitrogens with one attached hydrogen (secondary N) is 1. The monoisotopic (exact) mass is 396 g/mol. The van der Waals surface area contributed by atoms with Crippen molar-refractivity contribution in [1.82, 2.24) is 10.2 Å². The number of piperidine rings is 1. The van der Waals surface area contributed by atoms with Crippen LogP contribution in [-0.4, -0.2) is 44.0 Å². The molecule has 0 radical (unpaired) electrons. The number of hydrogen-bond donors (Lipinski definition) is 1. The summed E-state index contributed by atoms with van der Waals surface area (Å²) in [5, 5.41) is 3.03. The van der Waals surface area contributed by atoms with Crippen LogP contribution in [0.4, 0.5) is 0 Å². The predicted molar refractivity (Wildman–Crippen MR) is 111 cm³/mol. The zero-order valence-electron chi connectivity index (χ0n) is 17.2. The minimum absolute atomic E-state index is 0.0259. The third-order valence-electron chi connectivity index (χ3n) is 5.43. The molecule has 6 heteroatoms. The van der Waals surface area contributed by atoms with Gasteiger partial charge in [0.2, 0.25) is 5.91 Å². The van der Waals surface area contributed by atoms with E-state index in [1.807, 2.05) is 37.3 Å². The van der Waals surface area contributed by atoms with Crippen molar-refractivity contribution in [3.05, 3.63) is 59.7 Å². The summed E-state index contributed by atoms with van der Waals surface area (Å²) in [5.74, 6) is 0.979. The average molecular weight is 396 g/mol. The molecule has 1 atom stereocenters. The third kappa shape index (κ3) is 4.88. The van der Waals surface area contributed by atoms with Crippen molar-refractivity contribution in [2.24, 2.45) is 5.41 Å². The van der Waals surface area contributed by atoms with E-state index in [0.29, 0.717) is 36.7 Å². The second-order valence-electron chi connectivity index (χ2n) is 7.66. The molecule has 0 saturated carbocycles. The Morgan fingerprint density at radius 3 is 2.34 bits per heavy atom. The van der Waals surface area contributed by atoms with Gasteiger partial charge in [0.1, 0.15) is 11.5 Å². The summed E-state index contributed by atoms with van der Waals surface area (Å²) >= 11 is 0. The number of hydrogen-bond acceptors (Lipinski definition) is 4. The summed E-state index contributed by atoms with van der Waals surface area (Å²) in [7, 11) is 3.11. The summed E-state index contributed by atoms with van der Waals surface area (Å²) < 4.78 is 10.5. The van der Waals surface area contributed by atoms with Crippen LogP contribution < -0.4 is 14.8 Å². The summed E-state index contributed by atoms with van der Waals surface area (Å²) in [6.45, 7) is 3.42. The molecule has 1 saturated heterocycles. The lowest BCUT2D eigenvalue weighted by Crippen LogP contribution is -2.51. The highest BCUT2D eigenvalue weighted by Gasteiger charge is 2.39. The molecular formula is C23H28N2O4. The second-order valence-corrected chi connectivity index (χ2v) is 7.66. The van der Waals surface area contributed by atoms with Gasteiger partial charge in [-0.15, -0.1) is 0 Å². The third-order valence-corrected chi connectivity index (χ3v) is 5.43. The van der Waals surface area contributed by atoms with Crippen LogP contribution >= 0.6 is 0 Å². The molecule has 0 spiro atoms. The molecule has 1 heterocycles. The first-order valence-electron chi connectivity index (χ1n) is 9.80. The lowest BCUT2D eigenvalue weighted by Gasteiger charge is -2.39. The van der Waals surface area contributed by atoms with Gasteiger partial charge in [0, 0.05) is 31.3 Å². The van der Waals surface area contributed by atoms with E-state index in [0.717, 1.165) is 18.4 Å². The van der Waals surface area contributed by atoms with Gasteiger partial charge in [0.25, 0.3) is 5.91 Å². The van der Waals surface area contributed by atoms with E-state index < -0.39 is 5.41 Å². The maximum atomic E-state index is 13.1. The molecule has 0 unspecified atom stereocenters. The van der Waals surface area contributed by atoms with E-state index in [9.17, 15) is 9.59 Å². The van der Waals surface area contributed by atoms with Crippen LogP contribution in [0, 0.1) is 5.41 Å². The zero-order valence-corrected chi connectivity index (χ0v) is 17.2. The van der Waals surface area contributed by atoms with Gasteiger partial charge in [-0.05, 0) is 37.5 Å². The minimum Gasteiger partial charge on any atom is -0.497 e. The van der Waals surface area contributed by atoms with Crippen molar-refractivity contribution in [2.75, 3.05) is 27.3 Å². The normalized spacial score (nSPS) is 18.8. The van der Waals surface area contributed by atoms with E-state index >= 15 is 0 Å². The number of likely N-dealkylation sites (tertiary alicyclic amines) is 1. The number of carbonyl (C=O) groups is 2. The summed E-state index contributed by atoms with van der Waals surface area (Å²) in [4.78, 5) is 27.8. The van der Waals surface area contributed by atoms with Crippen LogP contribution in [0.3, 0.4) is 0 Å². The largest absolute Gasteiger partial charge is 0.497 e. The summed E-state index contributed by atoms with van der Waals surface area (Å²) in [6, 6.07) is 14.9. The highest BCUT2D eigenvalue weighted by atomic mass is 16.5. The fourth-order valence-corrected chi connectivity index (χ4v) is 3.70. The fourth-order valence-electron chi connectivity index (χ4n) is 3.70. The van der Waals surface area contributed by atoms with Gasteiger partial charge in [-0.3, -0.25) is 9.59 Å². The molecule has 1 fully saturated rings. The van der Waals surface area contributed by atoms with Crippen LogP contribution in [0.25, 0.3) is 0 Å². The number of methoxy groups -OCH3 is 2. The summed E-state index contributed by atoms with van der Waals surface area (Å²) in [5.41, 5.74) is 0.929. The van der Waals surface area contributed by atoms with Crippen molar-refractivity contribution in [3.63, 3.8) is 0 Å². The quantitative estimate of drug-likeness (QED) is 0.814. The van der Waals surface area contributed by atoms with Crippen molar-refractivity contribution >= 4 is 11.8 Å². The lowest BCUT2D eigenvalue weighted by molar-refractivity contribution is -0.132. The van der Waals surface area contributed by atoms with E-state index in [1.165, 1.54) is 0 Å². The number of rotatable bonds is 6. The van der Waals surface area contributed by atoms with Gasteiger partial charge >= 0.3 is 0 Å². The first-order chi connectivity index (χ1) is 13.9. The standard InChI is InChI=1S/C23H28N2O4/c1-23(22(27)24-15-17-8-5-4-6-9-17)10-7-11-25(16-23)21(26)18-12-19(28-2)14-20(13-18)29-3/h4-6,8-9,12-14H,7,10-11,15-16H2,1-3H3,(H,24,27)/t23-/m1/s1. The van der Waals surface area contributed by atoms with Crippen LogP contribution in [0.2, 0.25) is 0 Å². The molecular weight excluding hydrogens is 368 g/mol. The molecule has 29 heavy (non-hydrogen) atoms. The smallest absolute Gasteiger partial charge is 0.254 e. The molecule has 2 aromatic carbocycles. The number of ether oxygens (including phenoxy) is 2. The van der Waals surface area contributed by atoms with Crippen molar-refractivity contribution in [2.45, 2.75) is 26.3 Å². The Hall–Kier alpha value is -3.02. The number of nitrogens with zero attached hydrogens (tertiary/aromatic N) is 1. The predicted octanol–water partition coefficient (Wildman–Crippen LogP) is 3.26. The zero-order chi connectivity index (χ0) is 20.9. The minimum atomic E-state index is -0.619. The topological polar surface area (TPSA) is 67.9 Å². The van der Waals surface area contributed by atoms with Gasteiger partial charge in [-0.25, -0.2) is 0 Å². The Bertz CT molecular complexity index is 846. The number of amides is 2. The SMILES string of the molecule is COc1cc(OC)cc(C(=O)N2CCC[C@@](C)(C(=O)NCc3ccccc3)C2)c1. The Kier molecular flexibility index (Phi) is 6.42. The molecule has 2 amide bonds. The van der Waals surface area contributed by atoms with Crippen LogP contribution in [-0.2, 0) is 11.3 Å². The van der Waals surface area contributed by atoms with Gasteiger partial charge in [0.15, 0.2) is 0 Å². The molecule has 0 aliphatic carbocycles. The number of carbonyl (C=O) groups excluding carboxylic acids is 2. The van der Waals surface area contributed by atoms with Gasteiger partial charge < -0.3 is 19.7 Å². The average Bonchev–Trinajstić information content (AvgIpc) is 2.77. The molecule has 154 valence electrons. The lowest BCUT2D eigenvalue weighted by atomic mass is 9.80. The van der Waals surface area contributed by atoms with Crippen molar-refractivity contribution in [3.8, 4) is 11.5 Å². The van der Waals surface area contributed by atoms with E-state index in [4.69, 9.17) is 9.47 Å².